The predicted octanol–water partition coefficient (Wildman–Crippen LogP) is 3.11. The Labute approximate surface area is 191 Å². The normalized spacial score (nSPS) is 17.1. The molecule has 0 saturated heterocycles. The molecule has 5 rings (SSSR count). The van der Waals surface area contributed by atoms with Crippen molar-refractivity contribution >= 4 is 21.6 Å². The maximum Gasteiger partial charge on any atom is 0.354 e. The minimum atomic E-state index is -3.58. The Bertz CT molecular complexity index is 1400. The van der Waals surface area contributed by atoms with Crippen LogP contribution in [0.3, 0.4) is 0 Å². The molecule has 0 fully saturated rings. The van der Waals surface area contributed by atoms with Crippen molar-refractivity contribution in [2.24, 2.45) is 9.50 Å². The number of anilines is 1. The molecule has 0 saturated carbocycles. The number of ether oxygens (including phenoxy) is 2. The van der Waals surface area contributed by atoms with Crippen LogP contribution in [0.2, 0.25) is 0 Å². The monoisotopic (exact) mass is 468 g/mol. The molecule has 11 heteroatoms. The van der Waals surface area contributed by atoms with Crippen LogP contribution in [0.4, 0.5) is 10.5 Å². The topological polar surface area (TPSA) is 134 Å². The van der Waals surface area contributed by atoms with Gasteiger partial charge in [0.2, 0.25) is 11.8 Å². The van der Waals surface area contributed by atoms with Gasteiger partial charge in [-0.3, -0.25) is 0 Å². The van der Waals surface area contributed by atoms with Gasteiger partial charge in [-0.2, -0.15) is 5.10 Å². The second-order valence-electron chi connectivity index (χ2n) is 8.63. The van der Waals surface area contributed by atoms with Crippen LogP contribution in [0.15, 0.2) is 45.9 Å². The van der Waals surface area contributed by atoms with Crippen molar-refractivity contribution in [1.29, 1.82) is 0 Å². The summed E-state index contributed by atoms with van der Waals surface area (Å²) in [5, 5.41) is 13.1. The first-order chi connectivity index (χ1) is 15.7. The molecule has 2 aliphatic rings. The lowest BCUT2D eigenvalue weighted by Gasteiger charge is -2.25. The number of aryl methyl sites for hydroxylation is 1. The Hall–Kier alpha value is -3.44. The molecule has 1 aromatic carbocycles. The lowest BCUT2D eigenvalue weighted by molar-refractivity contribution is 0.259. The quantitative estimate of drug-likeness (QED) is 0.604. The lowest BCUT2D eigenvalue weighted by atomic mass is 9.84. The van der Waals surface area contributed by atoms with E-state index in [9.17, 15) is 9.00 Å². The molecule has 0 radical (unpaired) electrons. The van der Waals surface area contributed by atoms with Gasteiger partial charge >= 0.3 is 6.03 Å². The van der Waals surface area contributed by atoms with Crippen LogP contribution in [0.1, 0.15) is 25.0 Å². The zero-order chi connectivity index (χ0) is 23.4. The van der Waals surface area contributed by atoms with Gasteiger partial charge in [0.25, 0.3) is 0 Å². The molecular formula is C22H24N6O4S. The Morgan fingerprint density at radius 3 is 2.88 bits per heavy atom. The van der Waals surface area contributed by atoms with Crippen molar-refractivity contribution in [3.63, 3.8) is 0 Å². The number of rotatable bonds is 4. The Balaban J connectivity index is 1.50. The molecule has 0 bridgehead atoms. The average Bonchev–Trinajstić information content (AvgIpc) is 3.30. The Morgan fingerprint density at radius 1 is 1.33 bits per heavy atom. The SMILES string of the molecule is COc1cc(-c2ccc3c(c2NC(=O)N=[S@](N)(=O)c2cnn4c2OCC4(C)C)CC3)ccn1. The number of fused-ring (bicyclic) bond motifs is 2. The second-order valence-corrected chi connectivity index (χ2v) is 10.4. The number of nitrogens with two attached hydrogens (primary N) is 1. The Morgan fingerprint density at radius 2 is 2.15 bits per heavy atom. The molecule has 172 valence electrons. The number of carbonyl (C=O) groups excluding carboxylic acids is 1. The smallest absolute Gasteiger partial charge is 0.354 e. The fourth-order valence-corrected chi connectivity index (χ4v) is 5.04. The number of aromatic nitrogens is 3. The molecule has 2 amide bonds. The molecule has 3 N–H and O–H groups in total. The minimum absolute atomic E-state index is 0.100. The molecule has 1 aliphatic heterocycles. The third-order valence-electron chi connectivity index (χ3n) is 5.90. The predicted molar refractivity (Wildman–Crippen MR) is 123 cm³/mol. The van der Waals surface area contributed by atoms with Gasteiger partial charge in [-0.1, -0.05) is 12.1 Å². The summed E-state index contributed by atoms with van der Waals surface area (Å²) in [6.07, 6.45) is 4.73. The van der Waals surface area contributed by atoms with Crippen LogP contribution >= 0.6 is 0 Å². The molecular weight excluding hydrogens is 444 g/mol. The number of hydrogen-bond acceptors (Lipinski definition) is 6. The molecule has 3 heterocycles. The number of nitrogens with one attached hydrogen (secondary N) is 1. The summed E-state index contributed by atoms with van der Waals surface area (Å²) in [5.74, 6) is 0.734. The van der Waals surface area contributed by atoms with Gasteiger partial charge in [0, 0.05) is 17.8 Å². The van der Waals surface area contributed by atoms with Crippen LogP contribution in [-0.2, 0) is 28.3 Å². The number of carbonyl (C=O) groups is 1. The fraction of sp³-hybridized carbons (Fsp3) is 0.318. The summed E-state index contributed by atoms with van der Waals surface area (Å²) < 4.78 is 29.5. The summed E-state index contributed by atoms with van der Waals surface area (Å²) in [6, 6.07) is 6.78. The maximum absolute atomic E-state index is 13.2. The van der Waals surface area contributed by atoms with E-state index in [2.05, 4.69) is 19.8 Å². The van der Waals surface area contributed by atoms with E-state index >= 15 is 0 Å². The first kappa shape index (κ1) is 21.4. The number of methoxy groups -OCH3 is 1. The van der Waals surface area contributed by atoms with Crippen LogP contribution in [0.5, 0.6) is 11.8 Å². The van der Waals surface area contributed by atoms with Crippen molar-refractivity contribution in [1.82, 2.24) is 14.8 Å². The highest BCUT2D eigenvalue weighted by Crippen LogP contribution is 2.39. The number of nitrogens with zero attached hydrogens (tertiary/aromatic N) is 4. The number of pyridine rings is 1. The largest absolute Gasteiger partial charge is 0.481 e. The van der Waals surface area contributed by atoms with Crippen molar-refractivity contribution in [3.05, 3.63) is 47.8 Å². The van der Waals surface area contributed by atoms with E-state index in [-0.39, 0.29) is 10.8 Å². The van der Waals surface area contributed by atoms with E-state index in [1.165, 1.54) is 6.20 Å². The van der Waals surface area contributed by atoms with Gasteiger partial charge in [0.15, 0.2) is 9.92 Å². The maximum atomic E-state index is 13.2. The van der Waals surface area contributed by atoms with Gasteiger partial charge in [-0.05, 0) is 49.4 Å². The van der Waals surface area contributed by atoms with E-state index in [1.807, 2.05) is 32.0 Å². The molecule has 33 heavy (non-hydrogen) atoms. The first-order valence-electron chi connectivity index (χ1n) is 10.4. The number of benzene rings is 1. The summed E-state index contributed by atoms with van der Waals surface area (Å²) in [7, 11) is -2.04. The zero-order valence-electron chi connectivity index (χ0n) is 18.5. The molecule has 0 unspecified atom stereocenters. The van der Waals surface area contributed by atoms with Gasteiger partial charge in [0.05, 0.1) is 24.5 Å². The number of amides is 2. The van der Waals surface area contributed by atoms with Crippen molar-refractivity contribution in [3.8, 4) is 22.9 Å². The van der Waals surface area contributed by atoms with Crippen LogP contribution in [0, 0.1) is 0 Å². The molecule has 1 aliphatic carbocycles. The summed E-state index contributed by atoms with van der Waals surface area (Å²) in [6.45, 7) is 4.23. The molecule has 2 aromatic heterocycles. The highest BCUT2D eigenvalue weighted by atomic mass is 32.2. The second kappa shape index (κ2) is 7.56. The highest BCUT2D eigenvalue weighted by molar-refractivity contribution is 7.91. The fourth-order valence-electron chi connectivity index (χ4n) is 4.06. The summed E-state index contributed by atoms with van der Waals surface area (Å²) in [5.41, 5.74) is 4.00. The summed E-state index contributed by atoms with van der Waals surface area (Å²) >= 11 is 0. The molecule has 3 aromatic rings. The lowest BCUT2D eigenvalue weighted by Crippen LogP contribution is -2.26. The summed E-state index contributed by atoms with van der Waals surface area (Å²) in [4.78, 5) is 17.1. The molecule has 1 atom stereocenters. The Kier molecular flexibility index (Phi) is 4.91. The van der Waals surface area contributed by atoms with Gasteiger partial charge < -0.3 is 14.8 Å². The van der Waals surface area contributed by atoms with Crippen molar-refractivity contribution < 1.29 is 18.5 Å². The van der Waals surface area contributed by atoms with Gasteiger partial charge in [-0.15, -0.1) is 4.36 Å². The highest BCUT2D eigenvalue weighted by Gasteiger charge is 2.36. The number of hydrogen-bond donors (Lipinski definition) is 2. The third kappa shape index (κ3) is 3.62. The van der Waals surface area contributed by atoms with Crippen LogP contribution < -0.4 is 19.9 Å². The van der Waals surface area contributed by atoms with E-state index < -0.39 is 21.5 Å². The first-order valence-corrected chi connectivity index (χ1v) is 12.0. The van der Waals surface area contributed by atoms with Gasteiger partial charge in [0.1, 0.15) is 11.5 Å². The standard InChI is InChI=1S/C22H24N6O4S/c1-22(2)12-32-20-17(11-25-28(20)22)33(23,30)27-21(29)26-19-15-6-4-13(15)5-7-16(19)14-8-9-24-18(10-14)31-3/h5,7-11H,4,6,12H2,1-3H3,(H3,23,26,27,29,30)/t33-/m0/s1. The zero-order valence-corrected chi connectivity index (χ0v) is 19.3. The van der Waals surface area contributed by atoms with Crippen molar-refractivity contribution in [2.45, 2.75) is 37.1 Å². The van der Waals surface area contributed by atoms with Gasteiger partial charge in [-0.25, -0.2) is 23.8 Å². The minimum Gasteiger partial charge on any atom is -0.481 e. The van der Waals surface area contributed by atoms with E-state index in [0.29, 0.717) is 18.2 Å². The van der Waals surface area contributed by atoms with Crippen LogP contribution in [-0.4, -0.2) is 38.7 Å². The van der Waals surface area contributed by atoms with E-state index in [4.69, 9.17) is 14.6 Å². The molecule has 10 nitrogen and oxygen atoms in total. The van der Waals surface area contributed by atoms with Crippen LogP contribution in [0.25, 0.3) is 11.1 Å². The average molecular weight is 469 g/mol. The van der Waals surface area contributed by atoms with Crippen molar-refractivity contribution in [2.75, 3.05) is 19.0 Å². The number of urea groups is 1. The molecule has 0 spiro atoms. The van der Waals surface area contributed by atoms with E-state index in [0.717, 1.165) is 35.1 Å². The third-order valence-corrected chi connectivity index (χ3v) is 7.25. The van der Waals surface area contributed by atoms with E-state index in [1.54, 1.807) is 24.1 Å².